The minimum atomic E-state index is -0.278. The van der Waals surface area contributed by atoms with Gasteiger partial charge in [0.05, 0.1) is 26.6 Å². The second kappa shape index (κ2) is 21.4. The molecule has 2 N–H and O–H groups in total. The van der Waals surface area contributed by atoms with Gasteiger partial charge in [-0.3, -0.25) is 37.9 Å². The number of aromatic nitrogens is 6. The summed E-state index contributed by atoms with van der Waals surface area (Å²) in [6.45, 7) is 2.26. The van der Waals surface area contributed by atoms with Gasteiger partial charge in [0.1, 0.15) is 42.0 Å². The Kier molecular flexibility index (Phi) is 14.8. The first-order valence-corrected chi connectivity index (χ1v) is 22.6. The Labute approximate surface area is 395 Å². The van der Waals surface area contributed by atoms with Crippen LogP contribution in [-0.2, 0) is 49.9 Å². The molecular weight excluding hydrogens is 891 g/mol. The number of pyridine rings is 2. The number of fused-ring (bicyclic) bond motifs is 4. The fourth-order valence-electron chi connectivity index (χ4n) is 8.67. The van der Waals surface area contributed by atoms with Crippen LogP contribution in [0.3, 0.4) is 0 Å². The van der Waals surface area contributed by atoms with Crippen LogP contribution in [-0.4, -0.2) is 105 Å². The molecule has 0 spiro atoms. The molecule has 6 aromatic rings. The number of carbonyl (C=O) groups is 5. The minimum absolute atomic E-state index is 0.0329. The Morgan fingerprint density at radius 2 is 1.19 bits per heavy atom. The molecule has 8 heterocycles. The van der Waals surface area contributed by atoms with E-state index >= 15 is 0 Å². The van der Waals surface area contributed by atoms with Crippen molar-refractivity contribution in [3.63, 3.8) is 0 Å². The summed E-state index contributed by atoms with van der Waals surface area (Å²) in [5.41, 5.74) is 10.8. The molecule has 2 aromatic carbocycles. The number of nitrogens with zero attached hydrogens (tertiary/aromatic N) is 8. The van der Waals surface area contributed by atoms with Crippen molar-refractivity contribution >= 4 is 63.4 Å². The highest BCUT2D eigenvalue weighted by molar-refractivity contribution is 5.97. The highest BCUT2D eigenvalue weighted by Crippen LogP contribution is 2.34. The molecule has 0 radical (unpaired) electrons. The van der Waals surface area contributed by atoms with E-state index in [1.807, 2.05) is 36.4 Å². The second-order valence-corrected chi connectivity index (χ2v) is 17.0. The average molecular weight is 942 g/mol. The highest BCUT2D eigenvalue weighted by atomic mass is 16.5. The van der Waals surface area contributed by atoms with Crippen molar-refractivity contribution in [2.45, 2.75) is 70.5 Å². The van der Waals surface area contributed by atoms with Gasteiger partial charge in [0.2, 0.25) is 23.6 Å². The monoisotopic (exact) mass is 941 g/mol. The van der Waals surface area contributed by atoms with Crippen LogP contribution in [0.25, 0.3) is 22.3 Å². The largest absolute Gasteiger partial charge is 0.486 e. The predicted molar refractivity (Wildman–Crippen MR) is 252 cm³/mol. The highest BCUT2D eigenvalue weighted by Gasteiger charge is 2.32. The van der Waals surface area contributed by atoms with Gasteiger partial charge >= 0.3 is 0 Å². The van der Waals surface area contributed by atoms with Crippen molar-refractivity contribution in [3.05, 3.63) is 105 Å². The normalized spacial score (nSPS) is 17.3. The maximum Gasteiger partial charge on any atom is 0.270 e. The zero-order chi connectivity index (χ0) is 48.6. The topological polar surface area (TPSA) is 250 Å². The number of Topliss-reactive ketones (excluding diaryl/α,β-unsaturated/α-hetero) is 2. The van der Waals surface area contributed by atoms with E-state index in [2.05, 4.69) is 19.9 Å². The third-order valence-electron chi connectivity index (χ3n) is 12.1. The van der Waals surface area contributed by atoms with Crippen molar-refractivity contribution in [2.24, 2.45) is 11.7 Å². The molecule has 358 valence electrons. The molecule has 2 atom stereocenters. The number of amides is 2. The maximum atomic E-state index is 12.7. The number of methoxy groups -OCH3 is 2. The number of nitrogens with two attached hydrogens (primary N) is 1. The molecule has 10 rings (SSSR count). The van der Waals surface area contributed by atoms with Crippen LogP contribution in [0.5, 0.6) is 23.3 Å². The molecule has 20 nitrogen and oxygen atoms in total. The number of hydrogen-bond acceptors (Lipinski definition) is 16. The molecule has 2 saturated heterocycles. The van der Waals surface area contributed by atoms with E-state index in [0.717, 1.165) is 59.5 Å². The van der Waals surface area contributed by atoms with Crippen molar-refractivity contribution in [2.75, 3.05) is 50.3 Å². The molecule has 20 heteroatoms. The first-order chi connectivity index (χ1) is 33.4. The zero-order valence-corrected chi connectivity index (χ0v) is 38.2. The first kappa shape index (κ1) is 47.6. The number of ether oxygens (including phenoxy) is 4. The molecule has 2 fully saturated rings. The molecule has 4 aromatic heterocycles. The Morgan fingerprint density at radius 3 is 1.70 bits per heavy atom. The van der Waals surface area contributed by atoms with Crippen LogP contribution in [0.15, 0.2) is 82.6 Å². The molecule has 0 bridgehead atoms. The predicted octanol–water partition coefficient (Wildman–Crippen LogP) is 3.17. The van der Waals surface area contributed by atoms with Crippen LogP contribution in [0, 0.1) is 5.92 Å². The average Bonchev–Trinajstić information content (AvgIpc) is 3.91. The van der Waals surface area contributed by atoms with Gasteiger partial charge < -0.3 is 39.3 Å². The lowest BCUT2D eigenvalue weighted by Crippen LogP contribution is -2.28. The lowest BCUT2D eigenvalue weighted by molar-refractivity contribution is -0.122. The lowest BCUT2D eigenvalue weighted by atomic mass is 10.0. The molecular formula is C49H51N9O11. The number of unbranched alkanes of at least 4 members (excludes halogenated alkanes) is 1. The smallest absolute Gasteiger partial charge is 0.270 e. The van der Waals surface area contributed by atoms with Crippen molar-refractivity contribution in [1.29, 1.82) is 0 Å². The third kappa shape index (κ3) is 11.1. The number of rotatable bonds is 12. The van der Waals surface area contributed by atoms with Gasteiger partial charge in [-0.2, -0.15) is 9.97 Å². The van der Waals surface area contributed by atoms with Crippen molar-refractivity contribution in [1.82, 2.24) is 29.1 Å². The SMILES string of the molecule is COc1ccc2ncc(=O)n(CCC=O)c2n1.COc1ccc2ncc(=O)n(CCCCC3CC(=O)N(c4ccc5c(c4)CC(=O)CO5)C3)c2n1.NC1CC(=O)N(c2ccc3c(c2)CC(=O)CO3)C1. The molecule has 2 amide bonds. The van der Waals surface area contributed by atoms with E-state index in [0.29, 0.717) is 86.0 Å². The number of aryl methyl sites for hydroxylation is 2. The number of anilines is 2. The fourth-order valence-corrected chi connectivity index (χ4v) is 8.67. The van der Waals surface area contributed by atoms with Gasteiger partial charge in [0.15, 0.2) is 22.9 Å². The Hall–Kier alpha value is -7.87. The Morgan fingerprint density at radius 1 is 0.667 bits per heavy atom. The molecule has 0 aliphatic carbocycles. The summed E-state index contributed by atoms with van der Waals surface area (Å²) >= 11 is 0. The van der Waals surface area contributed by atoms with Gasteiger partial charge in [-0.1, -0.05) is 6.42 Å². The first-order valence-electron chi connectivity index (χ1n) is 22.6. The van der Waals surface area contributed by atoms with E-state index in [9.17, 15) is 33.6 Å². The summed E-state index contributed by atoms with van der Waals surface area (Å²) in [4.78, 5) is 102. The van der Waals surface area contributed by atoms with Gasteiger partial charge in [0.25, 0.3) is 11.1 Å². The van der Waals surface area contributed by atoms with Gasteiger partial charge in [-0.15, -0.1) is 0 Å². The Bertz CT molecular complexity index is 3060. The summed E-state index contributed by atoms with van der Waals surface area (Å²) in [5, 5.41) is 0. The Balaban J connectivity index is 0.000000154. The molecule has 4 aliphatic rings. The third-order valence-corrected chi connectivity index (χ3v) is 12.1. The number of hydrogen-bond donors (Lipinski definition) is 1. The summed E-state index contributed by atoms with van der Waals surface area (Å²) in [5.74, 6) is 2.79. The number of ketones is 2. The summed E-state index contributed by atoms with van der Waals surface area (Å²) in [6, 6.07) is 17.9. The van der Waals surface area contributed by atoms with E-state index in [4.69, 9.17) is 24.7 Å². The van der Waals surface area contributed by atoms with Crippen LogP contribution in [0.4, 0.5) is 11.4 Å². The van der Waals surface area contributed by atoms with E-state index in [1.165, 1.54) is 31.2 Å². The fraction of sp³-hybridized carbons (Fsp3) is 0.367. The second-order valence-electron chi connectivity index (χ2n) is 17.0. The number of aldehydes is 1. The quantitative estimate of drug-likeness (QED) is 0.137. The summed E-state index contributed by atoms with van der Waals surface area (Å²) in [7, 11) is 3.04. The summed E-state index contributed by atoms with van der Waals surface area (Å²) < 4.78 is 24.0. The van der Waals surface area contributed by atoms with Gasteiger partial charge in [-0.05, 0) is 67.3 Å². The van der Waals surface area contributed by atoms with Gasteiger partial charge in [-0.25, -0.2) is 9.97 Å². The number of benzene rings is 2. The lowest BCUT2D eigenvalue weighted by Gasteiger charge is -2.21. The van der Waals surface area contributed by atoms with Crippen molar-refractivity contribution < 1.29 is 42.9 Å². The van der Waals surface area contributed by atoms with Crippen LogP contribution in [0.2, 0.25) is 0 Å². The minimum Gasteiger partial charge on any atom is -0.486 e. The zero-order valence-electron chi connectivity index (χ0n) is 38.2. The van der Waals surface area contributed by atoms with E-state index < -0.39 is 0 Å². The summed E-state index contributed by atoms with van der Waals surface area (Å²) in [6.07, 6.45) is 7.74. The molecule has 4 aliphatic heterocycles. The molecule has 0 saturated carbocycles. The standard InChI is InChI=1S/C25H26N4O5.C13H14N2O3.C11H11N3O3/c1-33-22-8-6-20-25(27-22)28(24(32)13-26-20)9-3-2-4-16-10-23(31)29(14-16)18-5-7-21-17(11-18)12-19(30)15-34-21;14-9-5-13(17)15(6-9)10-1-2-12-8(3-10)4-11(16)7-18-12;1-17-9-4-3-8-11(13-9)14(5-2-6-15)10(16)7-12-8/h5-8,11,13,16H,2-4,9-10,12,14-15H2,1H3;1-3,9H,4-7,14H2;3-4,6-7H,2,5H2,1H3. The van der Waals surface area contributed by atoms with Crippen LogP contribution >= 0.6 is 0 Å². The van der Waals surface area contributed by atoms with Crippen LogP contribution < -0.4 is 45.6 Å². The van der Waals surface area contributed by atoms with Crippen molar-refractivity contribution in [3.8, 4) is 23.3 Å². The maximum absolute atomic E-state index is 12.7. The van der Waals surface area contributed by atoms with Crippen LogP contribution in [0.1, 0.15) is 49.7 Å². The van der Waals surface area contributed by atoms with E-state index in [1.54, 1.807) is 38.6 Å². The molecule has 2 unspecified atom stereocenters. The van der Waals surface area contributed by atoms with Gasteiger partial charge in [0, 0.05) is 99.0 Å². The molecule has 69 heavy (non-hydrogen) atoms. The van der Waals surface area contributed by atoms with E-state index in [-0.39, 0.29) is 66.1 Å². The number of carbonyl (C=O) groups excluding carboxylic acids is 5.